The number of hydrogen-bond acceptors (Lipinski definition) is 6. The number of aromatic nitrogens is 1. The van der Waals surface area contributed by atoms with Crippen molar-refractivity contribution in [1.29, 1.82) is 0 Å². The van der Waals surface area contributed by atoms with E-state index in [4.69, 9.17) is 14.2 Å². The second-order valence-electron chi connectivity index (χ2n) is 3.97. The number of benzene rings is 1. The van der Waals surface area contributed by atoms with Gasteiger partial charge in [0.1, 0.15) is 12.4 Å². The van der Waals surface area contributed by atoms with E-state index in [9.17, 15) is 0 Å². The highest BCUT2D eigenvalue weighted by molar-refractivity contribution is 7.15. The van der Waals surface area contributed by atoms with Crippen molar-refractivity contribution < 1.29 is 14.2 Å². The third-order valence-corrected chi connectivity index (χ3v) is 3.54. The lowest BCUT2D eigenvalue weighted by molar-refractivity contribution is 0.173. The molecule has 1 aromatic heterocycles. The summed E-state index contributed by atoms with van der Waals surface area (Å²) in [4.78, 5) is 5.34. The molecule has 0 bridgehead atoms. The van der Waals surface area contributed by atoms with Crippen LogP contribution >= 0.6 is 11.3 Å². The molecular formula is C13H14N2O3S. The Balaban J connectivity index is 1.62. The molecule has 0 saturated carbocycles. The third kappa shape index (κ3) is 2.73. The zero-order valence-electron chi connectivity index (χ0n) is 10.5. The van der Waals surface area contributed by atoms with Crippen molar-refractivity contribution in [3.63, 3.8) is 0 Å². The summed E-state index contributed by atoms with van der Waals surface area (Å²) in [5, 5.41) is 4.10. The molecule has 2 heterocycles. The molecule has 0 aliphatic carbocycles. The molecule has 0 fully saturated rings. The van der Waals surface area contributed by atoms with Gasteiger partial charge in [-0.3, -0.25) is 0 Å². The van der Waals surface area contributed by atoms with E-state index in [2.05, 4.69) is 10.3 Å². The Kier molecular flexibility index (Phi) is 3.41. The zero-order valence-corrected chi connectivity index (χ0v) is 11.3. The van der Waals surface area contributed by atoms with Crippen LogP contribution in [0.5, 0.6) is 17.2 Å². The fraction of sp³-hybridized carbons (Fsp3) is 0.308. The fourth-order valence-electron chi connectivity index (χ4n) is 1.73. The first-order chi connectivity index (χ1) is 9.35. The maximum absolute atomic E-state index is 5.72. The minimum Gasteiger partial charge on any atom is -0.488 e. The zero-order chi connectivity index (χ0) is 13.1. The molecule has 19 heavy (non-hydrogen) atoms. The van der Waals surface area contributed by atoms with Crippen LogP contribution in [0.1, 0.15) is 11.8 Å². The van der Waals surface area contributed by atoms with Gasteiger partial charge >= 0.3 is 0 Å². The summed E-state index contributed by atoms with van der Waals surface area (Å²) in [6.07, 6.45) is 1.83. The molecule has 1 aliphatic rings. The van der Waals surface area contributed by atoms with E-state index in [0.29, 0.717) is 6.61 Å². The number of rotatable bonds is 5. The van der Waals surface area contributed by atoms with E-state index in [-0.39, 0.29) is 6.79 Å². The summed E-state index contributed by atoms with van der Waals surface area (Å²) in [5.74, 6) is 2.26. The van der Waals surface area contributed by atoms with Gasteiger partial charge in [-0.2, -0.15) is 0 Å². The second kappa shape index (κ2) is 5.36. The Bertz CT molecular complexity index is 571. The van der Waals surface area contributed by atoms with Crippen molar-refractivity contribution in [2.45, 2.75) is 13.5 Å². The van der Waals surface area contributed by atoms with Gasteiger partial charge in [-0.15, -0.1) is 0 Å². The molecule has 1 N–H and O–H groups in total. The molecule has 100 valence electrons. The Labute approximate surface area is 115 Å². The number of thiazole rings is 1. The second-order valence-corrected chi connectivity index (χ2v) is 5.08. The van der Waals surface area contributed by atoms with Crippen molar-refractivity contribution in [2.75, 3.05) is 18.7 Å². The third-order valence-electron chi connectivity index (χ3n) is 2.61. The van der Waals surface area contributed by atoms with Crippen LogP contribution in [0.15, 0.2) is 24.4 Å². The van der Waals surface area contributed by atoms with E-state index in [1.807, 2.05) is 31.3 Å². The number of ether oxygens (including phenoxy) is 3. The van der Waals surface area contributed by atoms with Gasteiger partial charge in [-0.05, 0) is 19.1 Å². The van der Waals surface area contributed by atoms with Gasteiger partial charge in [0.15, 0.2) is 16.6 Å². The van der Waals surface area contributed by atoms with Gasteiger partial charge in [0, 0.05) is 18.8 Å². The predicted molar refractivity (Wildman–Crippen MR) is 73.2 cm³/mol. The summed E-state index contributed by atoms with van der Waals surface area (Å²) in [5.41, 5.74) is 0. The van der Waals surface area contributed by atoms with E-state index in [0.717, 1.165) is 33.8 Å². The number of nitrogens with one attached hydrogen (secondary N) is 1. The molecule has 6 heteroatoms. The Hall–Kier alpha value is -1.95. The van der Waals surface area contributed by atoms with Crippen molar-refractivity contribution in [1.82, 2.24) is 4.98 Å². The molecule has 3 rings (SSSR count). The molecular weight excluding hydrogens is 264 g/mol. The van der Waals surface area contributed by atoms with E-state index in [1.54, 1.807) is 11.3 Å². The summed E-state index contributed by atoms with van der Waals surface area (Å²) in [6, 6.07) is 5.57. The van der Waals surface area contributed by atoms with Crippen LogP contribution < -0.4 is 19.5 Å². The highest BCUT2D eigenvalue weighted by atomic mass is 32.1. The van der Waals surface area contributed by atoms with Crippen LogP contribution in [0.2, 0.25) is 0 Å². The van der Waals surface area contributed by atoms with E-state index >= 15 is 0 Å². The minimum absolute atomic E-state index is 0.277. The molecule has 0 saturated heterocycles. The fourth-order valence-corrected chi connectivity index (χ4v) is 2.52. The normalized spacial score (nSPS) is 12.5. The Morgan fingerprint density at radius 3 is 3.16 bits per heavy atom. The topological polar surface area (TPSA) is 52.6 Å². The van der Waals surface area contributed by atoms with Crippen LogP contribution in [-0.2, 0) is 6.61 Å². The van der Waals surface area contributed by atoms with Gasteiger partial charge in [0.2, 0.25) is 6.79 Å². The number of anilines is 1. The molecule has 5 nitrogen and oxygen atoms in total. The number of fused-ring (bicyclic) bond motifs is 1. The average Bonchev–Trinajstić information content (AvgIpc) is 3.04. The largest absolute Gasteiger partial charge is 0.488 e. The van der Waals surface area contributed by atoms with Gasteiger partial charge in [-0.1, -0.05) is 11.3 Å². The maximum atomic E-state index is 5.72. The molecule has 1 aliphatic heterocycles. The van der Waals surface area contributed by atoms with Gasteiger partial charge < -0.3 is 19.5 Å². The number of hydrogen-bond donors (Lipinski definition) is 1. The molecule has 0 radical (unpaired) electrons. The Morgan fingerprint density at radius 2 is 2.26 bits per heavy atom. The monoisotopic (exact) mass is 278 g/mol. The molecule has 1 aromatic carbocycles. The van der Waals surface area contributed by atoms with Gasteiger partial charge in [0.05, 0.1) is 4.88 Å². The quantitative estimate of drug-likeness (QED) is 0.911. The van der Waals surface area contributed by atoms with Crippen LogP contribution in [0.4, 0.5) is 5.13 Å². The summed E-state index contributed by atoms with van der Waals surface area (Å²) >= 11 is 1.60. The van der Waals surface area contributed by atoms with Crippen LogP contribution in [-0.4, -0.2) is 18.3 Å². The van der Waals surface area contributed by atoms with Crippen LogP contribution in [0.3, 0.4) is 0 Å². The SMILES string of the molecule is CCNc1ncc(COc2ccc3c(c2)OCO3)s1. The van der Waals surface area contributed by atoms with Crippen molar-refractivity contribution >= 4 is 16.5 Å². The van der Waals surface area contributed by atoms with Crippen molar-refractivity contribution in [3.05, 3.63) is 29.3 Å². The standard InChI is InChI=1S/C13H14N2O3S/c1-2-14-13-15-6-10(19-13)7-16-9-3-4-11-12(5-9)18-8-17-11/h3-6H,2,7-8H2,1H3,(H,14,15). The van der Waals surface area contributed by atoms with E-state index in [1.165, 1.54) is 0 Å². The smallest absolute Gasteiger partial charge is 0.231 e. The lowest BCUT2D eigenvalue weighted by Crippen LogP contribution is -1.94. The molecule has 2 aromatic rings. The van der Waals surface area contributed by atoms with Crippen LogP contribution in [0.25, 0.3) is 0 Å². The summed E-state index contributed by atoms with van der Waals surface area (Å²) in [7, 11) is 0. The molecule has 0 spiro atoms. The van der Waals surface area contributed by atoms with E-state index < -0.39 is 0 Å². The van der Waals surface area contributed by atoms with Crippen molar-refractivity contribution in [2.24, 2.45) is 0 Å². The minimum atomic E-state index is 0.277. The first kappa shape index (κ1) is 12.1. The first-order valence-corrected chi connectivity index (χ1v) is 6.88. The lowest BCUT2D eigenvalue weighted by Gasteiger charge is -2.05. The maximum Gasteiger partial charge on any atom is 0.231 e. The van der Waals surface area contributed by atoms with Crippen molar-refractivity contribution in [3.8, 4) is 17.2 Å². The highest BCUT2D eigenvalue weighted by Gasteiger charge is 2.13. The Morgan fingerprint density at radius 1 is 1.37 bits per heavy atom. The molecule has 0 amide bonds. The van der Waals surface area contributed by atoms with Gasteiger partial charge in [0.25, 0.3) is 0 Å². The average molecular weight is 278 g/mol. The number of nitrogens with zero attached hydrogens (tertiary/aromatic N) is 1. The van der Waals surface area contributed by atoms with Crippen LogP contribution in [0, 0.1) is 0 Å². The lowest BCUT2D eigenvalue weighted by atomic mass is 10.3. The summed E-state index contributed by atoms with van der Waals surface area (Å²) in [6.45, 7) is 3.70. The summed E-state index contributed by atoms with van der Waals surface area (Å²) < 4.78 is 16.3. The first-order valence-electron chi connectivity index (χ1n) is 6.06. The molecule has 0 unspecified atom stereocenters. The molecule has 0 atom stereocenters. The van der Waals surface area contributed by atoms with Gasteiger partial charge in [-0.25, -0.2) is 4.98 Å². The highest BCUT2D eigenvalue weighted by Crippen LogP contribution is 2.35. The predicted octanol–water partition coefficient (Wildman–Crippen LogP) is 2.88.